The van der Waals surface area contributed by atoms with E-state index < -0.39 is 0 Å². The Balaban J connectivity index is 2.53. The van der Waals surface area contributed by atoms with Gasteiger partial charge in [0.15, 0.2) is 0 Å². The van der Waals surface area contributed by atoms with Crippen molar-refractivity contribution < 1.29 is 4.74 Å². The first kappa shape index (κ1) is 12.7. The number of benzene rings is 1. The summed E-state index contributed by atoms with van der Waals surface area (Å²) >= 11 is 0. The number of rotatable bonds is 5. The van der Waals surface area contributed by atoms with Gasteiger partial charge in [-0.3, -0.25) is 0 Å². The number of nitrogens with two attached hydrogens (primary N) is 1. The fraction of sp³-hybridized carbons (Fsp3) is 0.462. The van der Waals surface area contributed by atoms with Crippen LogP contribution in [0.15, 0.2) is 24.3 Å². The van der Waals surface area contributed by atoms with Gasteiger partial charge in [0, 0.05) is 5.54 Å². The van der Waals surface area contributed by atoms with Crippen molar-refractivity contribution in [2.45, 2.75) is 32.4 Å². The fourth-order valence-corrected chi connectivity index (χ4v) is 1.25. The van der Waals surface area contributed by atoms with E-state index in [0.717, 1.165) is 12.0 Å². The average Bonchev–Trinajstić information content (AvgIpc) is 2.29. The highest BCUT2D eigenvalue weighted by Gasteiger charge is 2.15. The van der Waals surface area contributed by atoms with Crippen LogP contribution in [0.2, 0.25) is 0 Å². The molecule has 0 radical (unpaired) electrons. The zero-order chi connectivity index (χ0) is 12.0. The summed E-state index contributed by atoms with van der Waals surface area (Å²) in [5.41, 5.74) is 7.25. The molecule has 0 spiro atoms. The quantitative estimate of drug-likeness (QED) is 0.824. The van der Waals surface area contributed by atoms with Crippen molar-refractivity contribution in [3.05, 3.63) is 35.4 Å². The third-order valence-corrected chi connectivity index (χ3v) is 2.63. The molecule has 16 heavy (non-hydrogen) atoms. The first-order valence-electron chi connectivity index (χ1n) is 5.43. The Kier molecular flexibility index (Phi) is 4.48. The Hall–Kier alpha value is -1.37. The summed E-state index contributed by atoms with van der Waals surface area (Å²) in [5, 5.41) is 8.89. The van der Waals surface area contributed by atoms with E-state index in [-0.39, 0.29) is 5.54 Å². The van der Waals surface area contributed by atoms with E-state index in [4.69, 9.17) is 15.7 Å². The van der Waals surface area contributed by atoms with Crippen molar-refractivity contribution in [1.29, 1.82) is 5.26 Å². The van der Waals surface area contributed by atoms with Crippen molar-refractivity contribution in [2.75, 3.05) is 6.61 Å². The number of nitrogens with zero attached hydrogens (tertiary/aromatic N) is 1. The predicted molar refractivity (Wildman–Crippen MR) is 63.7 cm³/mol. The zero-order valence-electron chi connectivity index (χ0n) is 9.86. The van der Waals surface area contributed by atoms with Crippen LogP contribution in [0.25, 0.3) is 0 Å². The molecule has 1 aromatic carbocycles. The van der Waals surface area contributed by atoms with Crippen LogP contribution in [-0.4, -0.2) is 12.1 Å². The Labute approximate surface area is 96.8 Å². The van der Waals surface area contributed by atoms with E-state index in [1.807, 2.05) is 32.0 Å². The SMILES string of the molecule is CCC(C)(N)COCc1ccccc1C#N. The first-order chi connectivity index (χ1) is 7.59. The molecule has 0 amide bonds. The lowest BCUT2D eigenvalue weighted by atomic mass is 10.0. The molecule has 1 unspecified atom stereocenters. The van der Waals surface area contributed by atoms with E-state index in [1.54, 1.807) is 6.07 Å². The molecule has 1 rings (SSSR count). The minimum atomic E-state index is -0.290. The van der Waals surface area contributed by atoms with Gasteiger partial charge in [0.2, 0.25) is 0 Å². The molecule has 3 nitrogen and oxygen atoms in total. The van der Waals surface area contributed by atoms with Gasteiger partial charge in [0.1, 0.15) is 0 Å². The van der Waals surface area contributed by atoms with Gasteiger partial charge < -0.3 is 10.5 Å². The minimum Gasteiger partial charge on any atom is -0.375 e. The normalized spacial score (nSPS) is 14.1. The van der Waals surface area contributed by atoms with Gasteiger partial charge in [0.25, 0.3) is 0 Å². The van der Waals surface area contributed by atoms with E-state index in [0.29, 0.717) is 18.8 Å². The van der Waals surface area contributed by atoms with Crippen LogP contribution in [-0.2, 0) is 11.3 Å². The van der Waals surface area contributed by atoms with Gasteiger partial charge >= 0.3 is 0 Å². The van der Waals surface area contributed by atoms with E-state index in [9.17, 15) is 0 Å². The number of nitriles is 1. The molecule has 2 N–H and O–H groups in total. The molecule has 0 saturated heterocycles. The second-order valence-corrected chi connectivity index (χ2v) is 4.27. The van der Waals surface area contributed by atoms with Crippen LogP contribution in [0.5, 0.6) is 0 Å². The molecule has 3 heteroatoms. The number of hydrogen-bond acceptors (Lipinski definition) is 3. The lowest BCUT2D eigenvalue weighted by Gasteiger charge is -2.22. The first-order valence-corrected chi connectivity index (χ1v) is 5.43. The summed E-state index contributed by atoms with van der Waals surface area (Å²) in [5.74, 6) is 0. The second-order valence-electron chi connectivity index (χ2n) is 4.27. The van der Waals surface area contributed by atoms with Crippen LogP contribution in [0.4, 0.5) is 0 Å². The molecule has 0 aliphatic carbocycles. The smallest absolute Gasteiger partial charge is 0.0995 e. The molecular formula is C13H18N2O. The fourth-order valence-electron chi connectivity index (χ4n) is 1.25. The van der Waals surface area contributed by atoms with Crippen LogP contribution >= 0.6 is 0 Å². The Morgan fingerprint density at radius 1 is 1.44 bits per heavy atom. The van der Waals surface area contributed by atoms with E-state index >= 15 is 0 Å². The third kappa shape index (κ3) is 3.65. The summed E-state index contributed by atoms with van der Waals surface area (Å²) in [4.78, 5) is 0. The van der Waals surface area contributed by atoms with Gasteiger partial charge in [-0.15, -0.1) is 0 Å². The maximum atomic E-state index is 8.89. The largest absolute Gasteiger partial charge is 0.375 e. The van der Waals surface area contributed by atoms with E-state index in [2.05, 4.69) is 6.07 Å². The minimum absolute atomic E-state index is 0.290. The summed E-state index contributed by atoms with van der Waals surface area (Å²) in [7, 11) is 0. The van der Waals surface area contributed by atoms with Crippen molar-refractivity contribution in [3.8, 4) is 6.07 Å². The molecule has 0 fully saturated rings. The summed E-state index contributed by atoms with van der Waals surface area (Å²) in [6, 6.07) is 9.59. The highest BCUT2D eigenvalue weighted by Crippen LogP contribution is 2.11. The lowest BCUT2D eigenvalue weighted by Crippen LogP contribution is -2.40. The van der Waals surface area contributed by atoms with Gasteiger partial charge in [-0.2, -0.15) is 5.26 Å². The molecule has 0 saturated carbocycles. The highest BCUT2D eigenvalue weighted by atomic mass is 16.5. The van der Waals surface area contributed by atoms with Crippen molar-refractivity contribution in [3.63, 3.8) is 0 Å². The maximum absolute atomic E-state index is 8.89. The average molecular weight is 218 g/mol. The molecule has 0 aliphatic rings. The zero-order valence-corrected chi connectivity index (χ0v) is 9.86. The van der Waals surface area contributed by atoms with Gasteiger partial charge in [0.05, 0.1) is 24.8 Å². The summed E-state index contributed by atoms with van der Waals surface area (Å²) < 4.78 is 5.54. The van der Waals surface area contributed by atoms with Crippen molar-refractivity contribution in [2.24, 2.45) is 5.73 Å². The molecule has 0 heterocycles. The van der Waals surface area contributed by atoms with Crippen LogP contribution in [0.3, 0.4) is 0 Å². The molecule has 0 aliphatic heterocycles. The predicted octanol–water partition coefficient (Wildman–Crippen LogP) is 2.20. The van der Waals surface area contributed by atoms with Gasteiger partial charge in [-0.25, -0.2) is 0 Å². The second kappa shape index (κ2) is 5.64. The molecular weight excluding hydrogens is 200 g/mol. The molecule has 86 valence electrons. The topological polar surface area (TPSA) is 59.0 Å². The van der Waals surface area contributed by atoms with Crippen LogP contribution in [0, 0.1) is 11.3 Å². The van der Waals surface area contributed by atoms with Crippen molar-refractivity contribution in [1.82, 2.24) is 0 Å². The molecule has 1 aromatic rings. The molecule has 0 aromatic heterocycles. The highest BCUT2D eigenvalue weighted by molar-refractivity contribution is 5.36. The molecule has 1 atom stereocenters. The lowest BCUT2D eigenvalue weighted by molar-refractivity contribution is 0.0776. The standard InChI is InChI=1S/C13H18N2O/c1-3-13(2,15)10-16-9-12-7-5-4-6-11(12)8-14/h4-7H,3,9-10,15H2,1-2H3. The molecule has 0 bridgehead atoms. The Morgan fingerprint density at radius 3 is 2.75 bits per heavy atom. The summed E-state index contributed by atoms with van der Waals surface area (Å²) in [6.45, 7) is 4.94. The van der Waals surface area contributed by atoms with Crippen LogP contribution in [0.1, 0.15) is 31.4 Å². The third-order valence-electron chi connectivity index (χ3n) is 2.63. The number of hydrogen-bond donors (Lipinski definition) is 1. The van der Waals surface area contributed by atoms with Gasteiger partial charge in [-0.05, 0) is 25.0 Å². The summed E-state index contributed by atoms with van der Waals surface area (Å²) in [6.07, 6.45) is 0.868. The maximum Gasteiger partial charge on any atom is 0.0995 e. The monoisotopic (exact) mass is 218 g/mol. The van der Waals surface area contributed by atoms with Crippen molar-refractivity contribution >= 4 is 0 Å². The number of ether oxygens (including phenoxy) is 1. The Morgan fingerprint density at radius 2 is 2.12 bits per heavy atom. The van der Waals surface area contributed by atoms with E-state index in [1.165, 1.54) is 0 Å². The van der Waals surface area contributed by atoms with Crippen LogP contribution < -0.4 is 5.73 Å². The van der Waals surface area contributed by atoms with Gasteiger partial charge in [-0.1, -0.05) is 25.1 Å². The Bertz CT molecular complexity index is 380.